The summed E-state index contributed by atoms with van der Waals surface area (Å²) in [6.07, 6.45) is 3.57. The van der Waals surface area contributed by atoms with Gasteiger partial charge >= 0.3 is 0 Å². The average Bonchev–Trinajstić information content (AvgIpc) is 3.11. The summed E-state index contributed by atoms with van der Waals surface area (Å²) in [4.78, 5) is 21.8. The molecule has 0 aliphatic rings. The Morgan fingerprint density at radius 1 is 1.10 bits per heavy atom. The van der Waals surface area contributed by atoms with E-state index in [9.17, 15) is 4.79 Å². The number of hydrogen-bond acceptors (Lipinski definition) is 3. The van der Waals surface area contributed by atoms with Gasteiger partial charge in [0.15, 0.2) is 0 Å². The standard InChI is InChI=1S/C24H23ClN4O/c1-2-7-23-28-21-12-11-17(24(30)27-15-19-9-5-6-13-26-19)14-22(21)29(23)16-18-8-3-4-10-20(18)25/h3-6,8-14H,2,7,15-16H2,1H3,(H,27,30). The van der Waals surface area contributed by atoms with Gasteiger partial charge in [-0.15, -0.1) is 0 Å². The number of nitrogens with zero attached hydrogens (tertiary/aromatic N) is 3. The lowest BCUT2D eigenvalue weighted by molar-refractivity contribution is 0.0950. The van der Waals surface area contributed by atoms with Crippen molar-refractivity contribution in [2.75, 3.05) is 0 Å². The minimum absolute atomic E-state index is 0.134. The van der Waals surface area contributed by atoms with E-state index in [-0.39, 0.29) is 5.91 Å². The molecule has 2 aromatic carbocycles. The first kappa shape index (κ1) is 20.1. The zero-order chi connectivity index (χ0) is 20.9. The topological polar surface area (TPSA) is 59.8 Å². The summed E-state index contributed by atoms with van der Waals surface area (Å²) in [5, 5.41) is 3.67. The second-order valence-corrected chi connectivity index (χ2v) is 7.57. The Balaban J connectivity index is 1.65. The SMILES string of the molecule is CCCc1nc2ccc(C(=O)NCc3ccccn3)cc2n1Cc1ccccc1Cl. The number of carbonyl (C=O) groups excluding carboxylic acids is 1. The van der Waals surface area contributed by atoms with Crippen LogP contribution in [0.4, 0.5) is 0 Å². The molecule has 30 heavy (non-hydrogen) atoms. The molecule has 0 atom stereocenters. The van der Waals surface area contributed by atoms with Crippen LogP contribution in [-0.2, 0) is 19.5 Å². The Kier molecular flexibility index (Phi) is 6.10. The number of fused-ring (bicyclic) bond motifs is 1. The van der Waals surface area contributed by atoms with E-state index in [0.717, 1.165) is 46.0 Å². The van der Waals surface area contributed by atoms with E-state index in [1.807, 2.05) is 60.7 Å². The molecular weight excluding hydrogens is 396 g/mol. The van der Waals surface area contributed by atoms with Crippen LogP contribution < -0.4 is 5.32 Å². The number of aromatic nitrogens is 3. The van der Waals surface area contributed by atoms with Gasteiger partial charge in [-0.25, -0.2) is 4.98 Å². The molecule has 4 rings (SSSR count). The zero-order valence-corrected chi connectivity index (χ0v) is 17.6. The largest absolute Gasteiger partial charge is 0.346 e. The molecule has 0 bridgehead atoms. The van der Waals surface area contributed by atoms with Gasteiger partial charge in [0.05, 0.1) is 29.8 Å². The predicted molar refractivity (Wildman–Crippen MR) is 120 cm³/mol. The van der Waals surface area contributed by atoms with E-state index in [2.05, 4.69) is 21.8 Å². The van der Waals surface area contributed by atoms with E-state index < -0.39 is 0 Å². The average molecular weight is 419 g/mol. The lowest BCUT2D eigenvalue weighted by atomic mass is 10.1. The number of hydrogen-bond donors (Lipinski definition) is 1. The summed E-state index contributed by atoms with van der Waals surface area (Å²) in [5.41, 5.74) is 4.26. The van der Waals surface area contributed by atoms with Crippen LogP contribution >= 0.6 is 11.6 Å². The Hall–Kier alpha value is -3.18. The molecule has 2 heterocycles. The summed E-state index contributed by atoms with van der Waals surface area (Å²) < 4.78 is 2.16. The van der Waals surface area contributed by atoms with Gasteiger partial charge in [-0.1, -0.05) is 42.8 Å². The maximum absolute atomic E-state index is 12.7. The molecule has 0 fully saturated rings. The van der Waals surface area contributed by atoms with E-state index in [1.165, 1.54) is 0 Å². The third-order valence-electron chi connectivity index (χ3n) is 5.01. The highest BCUT2D eigenvalue weighted by atomic mass is 35.5. The van der Waals surface area contributed by atoms with Gasteiger partial charge in [-0.05, 0) is 48.4 Å². The molecular formula is C24H23ClN4O. The second-order valence-electron chi connectivity index (χ2n) is 7.16. The summed E-state index contributed by atoms with van der Waals surface area (Å²) in [6, 6.07) is 19.1. The van der Waals surface area contributed by atoms with Crippen molar-refractivity contribution in [2.24, 2.45) is 0 Å². The first-order chi connectivity index (χ1) is 14.7. The van der Waals surface area contributed by atoms with Crippen LogP contribution in [0.25, 0.3) is 11.0 Å². The Morgan fingerprint density at radius 2 is 1.93 bits per heavy atom. The Morgan fingerprint density at radius 3 is 2.70 bits per heavy atom. The van der Waals surface area contributed by atoms with E-state index in [1.54, 1.807) is 6.20 Å². The Labute approximate surface area is 180 Å². The number of halogens is 1. The molecule has 0 aliphatic carbocycles. The fraction of sp³-hybridized carbons (Fsp3) is 0.208. The molecule has 152 valence electrons. The van der Waals surface area contributed by atoms with Gasteiger partial charge in [0, 0.05) is 23.2 Å². The maximum Gasteiger partial charge on any atom is 0.251 e. The number of nitrogens with one attached hydrogen (secondary N) is 1. The van der Waals surface area contributed by atoms with Crippen LogP contribution in [0.15, 0.2) is 66.9 Å². The molecule has 0 unspecified atom stereocenters. The van der Waals surface area contributed by atoms with Crippen molar-refractivity contribution in [2.45, 2.75) is 32.9 Å². The van der Waals surface area contributed by atoms with Gasteiger partial charge in [-0.2, -0.15) is 0 Å². The zero-order valence-electron chi connectivity index (χ0n) is 16.8. The second kappa shape index (κ2) is 9.09. The molecule has 0 radical (unpaired) electrons. The molecule has 0 saturated carbocycles. The highest BCUT2D eigenvalue weighted by Crippen LogP contribution is 2.23. The van der Waals surface area contributed by atoms with Crippen molar-refractivity contribution >= 4 is 28.5 Å². The Bertz CT molecular complexity index is 1170. The van der Waals surface area contributed by atoms with Crippen molar-refractivity contribution < 1.29 is 4.79 Å². The number of benzene rings is 2. The third kappa shape index (κ3) is 4.36. The normalized spacial score (nSPS) is 11.0. The number of carbonyl (C=O) groups is 1. The molecule has 4 aromatic rings. The third-order valence-corrected chi connectivity index (χ3v) is 5.37. The minimum atomic E-state index is -0.134. The van der Waals surface area contributed by atoms with Crippen molar-refractivity contribution in [3.05, 3.63) is 94.5 Å². The lowest BCUT2D eigenvalue weighted by Gasteiger charge is -2.11. The molecule has 5 nitrogen and oxygen atoms in total. The summed E-state index contributed by atoms with van der Waals surface area (Å²) in [5.74, 6) is 0.864. The van der Waals surface area contributed by atoms with Gasteiger partial charge in [0.25, 0.3) is 5.91 Å². The van der Waals surface area contributed by atoms with Gasteiger partial charge in [-0.3, -0.25) is 9.78 Å². The van der Waals surface area contributed by atoms with Gasteiger partial charge in [0.1, 0.15) is 5.82 Å². The quantitative estimate of drug-likeness (QED) is 0.458. The summed E-state index contributed by atoms with van der Waals surface area (Å²) in [7, 11) is 0. The molecule has 1 N–H and O–H groups in total. The van der Waals surface area contributed by atoms with E-state index >= 15 is 0 Å². The van der Waals surface area contributed by atoms with Crippen LogP contribution in [0.3, 0.4) is 0 Å². The maximum atomic E-state index is 12.7. The minimum Gasteiger partial charge on any atom is -0.346 e. The molecule has 0 saturated heterocycles. The van der Waals surface area contributed by atoms with Gasteiger partial charge < -0.3 is 9.88 Å². The van der Waals surface area contributed by atoms with Crippen molar-refractivity contribution in [3.63, 3.8) is 0 Å². The van der Waals surface area contributed by atoms with Crippen molar-refractivity contribution in [1.82, 2.24) is 19.9 Å². The van der Waals surface area contributed by atoms with Crippen LogP contribution in [0, 0.1) is 0 Å². The monoisotopic (exact) mass is 418 g/mol. The highest BCUT2D eigenvalue weighted by Gasteiger charge is 2.15. The molecule has 0 aliphatic heterocycles. The number of rotatable bonds is 7. The highest BCUT2D eigenvalue weighted by molar-refractivity contribution is 6.31. The predicted octanol–water partition coefficient (Wildman–Crippen LogP) is 5.02. The molecule has 1 amide bonds. The van der Waals surface area contributed by atoms with E-state index in [0.29, 0.717) is 18.7 Å². The molecule has 2 aromatic heterocycles. The van der Waals surface area contributed by atoms with Crippen LogP contribution in [-0.4, -0.2) is 20.4 Å². The first-order valence-corrected chi connectivity index (χ1v) is 10.4. The van der Waals surface area contributed by atoms with Crippen molar-refractivity contribution in [3.8, 4) is 0 Å². The smallest absolute Gasteiger partial charge is 0.251 e. The van der Waals surface area contributed by atoms with Crippen LogP contribution in [0.5, 0.6) is 0 Å². The van der Waals surface area contributed by atoms with E-state index in [4.69, 9.17) is 16.6 Å². The van der Waals surface area contributed by atoms with Crippen LogP contribution in [0.2, 0.25) is 5.02 Å². The fourth-order valence-electron chi connectivity index (χ4n) is 3.48. The summed E-state index contributed by atoms with van der Waals surface area (Å²) in [6.45, 7) is 3.14. The summed E-state index contributed by atoms with van der Waals surface area (Å²) >= 11 is 6.40. The van der Waals surface area contributed by atoms with Gasteiger partial charge in [0.2, 0.25) is 0 Å². The number of aryl methyl sites for hydroxylation is 1. The van der Waals surface area contributed by atoms with Crippen molar-refractivity contribution in [1.29, 1.82) is 0 Å². The van der Waals surface area contributed by atoms with Crippen LogP contribution in [0.1, 0.15) is 40.8 Å². The number of pyridine rings is 1. The number of imidazole rings is 1. The number of amides is 1. The first-order valence-electron chi connectivity index (χ1n) is 10.1. The fourth-order valence-corrected chi connectivity index (χ4v) is 3.67. The molecule has 0 spiro atoms. The lowest BCUT2D eigenvalue weighted by Crippen LogP contribution is -2.23. The molecule has 6 heteroatoms.